The summed E-state index contributed by atoms with van der Waals surface area (Å²) in [4.78, 5) is 27.7. The summed E-state index contributed by atoms with van der Waals surface area (Å²) in [5, 5.41) is 5.33. The normalized spacial score (nSPS) is 14.5. The van der Waals surface area contributed by atoms with Crippen LogP contribution in [0.15, 0.2) is 36.5 Å². The highest BCUT2D eigenvalue weighted by molar-refractivity contribution is 6.00. The Morgan fingerprint density at radius 3 is 2.68 bits per heavy atom. The lowest BCUT2D eigenvalue weighted by atomic mass is 10.2. The van der Waals surface area contributed by atoms with Crippen molar-refractivity contribution >= 4 is 17.5 Å². The van der Waals surface area contributed by atoms with E-state index in [4.69, 9.17) is 10.5 Å². The Bertz CT molecular complexity index is 831. The molecule has 1 aliphatic carbocycles. The fourth-order valence-electron chi connectivity index (χ4n) is 2.26. The van der Waals surface area contributed by atoms with Gasteiger partial charge in [-0.05, 0) is 37.5 Å². The number of nitrogens with one attached hydrogen (secondary N) is 2. The first-order valence-electron chi connectivity index (χ1n) is 7.98. The zero-order valence-electron chi connectivity index (χ0n) is 14.1. The third-order valence-corrected chi connectivity index (χ3v) is 4.11. The van der Waals surface area contributed by atoms with Gasteiger partial charge in [0.15, 0.2) is 0 Å². The number of nitrogens with two attached hydrogens (primary N) is 1. The van der Waals surface area contributed by atoms with Crippen LogP contribution < -0.4 is 21.1 Å². The molecule has 25 heavy (non-hydrogen) atoms. The monoisotopic (exact) mass is 340 g/mol. The van der Waals surface area contributed by atoms with Gasteiger partial charge in [-0.3, -0.25) is 14.6 Å². The van der Waals surface area contributed by atoms with E-state index in [0.29, 0.717) is 30.0 Å². The molecular formula is C18H20N4O3. The summed E-state index contributed by atoms with van der Waals surface area (Å²) in [5.74, 6) is 0.584. The minimum Gasteiger partial charge on any atom is -0.457 e. The van der Waals surface area contributed by atoms with Gasteiger partial charge in [-0.1, -0.05) is 6.07 Å². The lowest BCUT2D eigenvalue weighted by Gasteiger charge is -2.14. The summed E-state index contributed by atoms with van der Waals surface area (Å²) in [5.41, 5.74) is 6.94. The molecule has 1 aromatic heterocycles. The molecule has 4 N–H and O–H groups in total. The first kappa shape index (κ1) is 16.9. The minimum absolute atomic E-state index is 0.187. The van der Waals surface area contributed by atoms with E-state index in [1.54, 1.807) is 24.3 Å². The van der Waals surface area contributed by atoms with E-state index in [-0.39, 0.29) is 17.5 Å². The summed E-state index contributed by atoms with van der Waals surface area (Å²) >= 11 is 0. The SMILES string of the molecule is CNC(=O)c1cc(Oc2cc(NC(=O)C3(N)CC3)ccc2C)ccn1. The fraction of sp³-hybridized carbons (Fsp3) is 0.278. The first-order valence-corrected chi connectivity index (χ1v) is 7.98. The number of rotatable bonds is 5. The van der Waals surface area contributed by atoms with E-state index in [9.17, 15) is 9.59 Å². The molecule has 7 heteroatoms. The molecule has 0 aliphatic heterocycles. The highest BCUT2D eigenvalue weighted by Gasteiger charge is 2.45. The minimum atomic E-state index is -0.737. The second-order valence-electron chi connectivity index (χ2n) is 6.15. The summed E-state index contributed by atoms with van der Waals surface area (Å²) in [6.45, 7) is 1.90. The van der Waals surface area contributed by atoms with Gasteiger partial charge < -0.3 is 21.1 Å². The topological polar surface area (TPSA) is 106 Å². The summed E-state index contributed by atoms with van der Waals surface area (Å²) in [7, 11) is 1.54. The molecule has 0 spiro atoms. The average molecular weight is 340 g/mol. The van der Waals surface area contributed by atoms with Gasteiger partial charge in [0.1, 0.15) is 17.2 Å². The van der Waals surface area contributed by atoms with Crippen LogP contribution >= 0.6 is 0 Å². The second kappa shape index (κ2) is 6.52. The number of hydrogen-bond acceptors (Lipinski definition) is 5. The number of nitrogens with zero attached hydrogens (tertiary/aromatic N) is 1. The van der Waals surface area contributed by atoms with Crippen LogP contribution in [0, 0.1) is 6.92 Å². The van der Waals surface area contributed by atoms with Gasteiger partial charge in [0.05, 0.1) is 5.54 Å². The van der Waals surface area contributed by atoms with E-state index in [0.717, 1.165) is 5.56 Å². The van der Waals surface area contributed by atoms with Crippen LogP contribution in [0.3, 0.4) is 0 Å². The molecule has 130 valence electrons. The third kappa shape index (κ3) is 3.77. The molecule has 7 nitrogen and oxygen atoms in total. The Hall–Kier alpha value is -2.93. The third-order valence-electron chi connectivity index (χ3n) is 4.11. The molecule has 0 unspecified atom stereocenters. The maximum atomic E-state index is 12.1. The molecule has 0 atom stereocenters. The molecular weight excluding hydrogens is 320 g/mol. The molecule has 1 fully saturated rings. The Labute approximate surface area is 145 Å². The maximum Gasteiger partial charge on any atom is 0.269 e. The van der Waals surface area contributed by atoms with Crippen molar-refractivity contribution in [3.63, 3.8) is 0 Å². The van der Waals surface area contributed by atoms with Gasteiger partial charge in [0, 0.05) is 31.1 Å². The quantitative estimate of drug-likeness (QED) is 0.771. The predicted octanol–water partition coefficient (Wildman–Crippen LogP) is 1.97. The molecule has 1 heterocycles. The van der Waals surface area contributed by atoms with Crippen molar-refractivity contribution in [2.75, 3.05) is 12.4 Å². The molecule has 1 aromatic carbocycles. The van der Waals surface area contributed by atoms with E-state index in [2.05, 4.69) is 15.6 Å². The Morgan fingerprint density at radius 1 is 1.24 bits per heavy atom. The van der Waals surface area contributed by atoms with Gasteiger partial charge in [0.2, 0.25) is 5.91 Å². The van der Waals surface area contributed by atoms with Crippen molar-refractivity contribution in [1.29, 1.82) is 0 Å². The van der Waals surface area contributed by atoms with Crippen LogP contribution in [0.2, 0.25) is 0 Å². The molecule has 0 saturated heterocycles. The van der Waals surface area contributed by atoms with Gasteiger partial charge in [-0.2, -0.15) is 0 Å². The van der Waals surface area contributed by atoms with Crippen LogP contribution in [-0.4, -0.2) is 29.4 Å². The lowest BCUT2D eigenvalue weighted by molar-refractivity contribution is -0.118. The second-order valence-corrected chi connectivity index (χ2v) is 6.15. The number of amides is 2. The van der Waals surface area contributed by atoms with Crippen LogP contribution in [0.25, 0.3) is 0 Å². The number of aromatic nitrogens is 1. The van der Waals surface area contributed by atoms with Gasteiger partial charge in [-0.15, -0.1) is 0 Å². The average Bonchev–Trinajstić information content (AvgIpc) is 3.36. The first-order chi connectivity index (χ1) is 11.9. The molecule has 0 bridgehead atoms. The fourth-order valence-corrected chi connectivity index (χ4v) is 2.26. The van der Waals surface area contributed by atoms with Crippen LogP contribution in [0.4, 0.5) is 5.69 Å². The number of ether oxygens (including phenoxy) is 1. The maximum absolute atomic E-state index is 12.1. The van der Waals surface area contributed by atoms with Gasteiger partial charge in [0.25, 0.3) is 5.91 Å². The van der Waals surface area contributed by atoms with Crippen molar-refractivity contribution in [2.45, 2.75) is 25.3 Å². The van der Waals surface area contributed by atoms with Gasteiger partial charge in [-0.25, -0.2) is 0 Å². The molecule has 2 aromatic rings. The summed E-state index contributed by atoms with van der Waals surface area (Å²) in [6, 6.07) is 8.61. The van der Waals surface area contributed by atoms with Crippen molar-refractivity contribution in [2.24, 2.45) is 5.73 Å². The number of carbonyl (C=O) groups is 2. The lowest BCUT2D eigenvalue weighted by Crippen LogP contribution is -2.37. The summed E-state index contributed by atoms with van der Waals surface area (Å²) in [6.07, 6.45) is 2.91. The molecule has 1 saturated carbocycles. The summed E-state index contributed by atoms with van der Waals surface area (Å²) < 4.78 is 5.87. The number of carbonyl (C=O) groups excluding carboxylic acids is 2. The molecule has 0 radical (unpaired) electrons. The van der Waals surface area contributed by atoms with Crippen LogP contribution in [0.1, 0.15) is 28.9 Å². The van der Waals surface area contributed by atoms with Gasteiger partial charge >= 0.3 is 0 Å². The number of pyridine rings is 1. The van der Waals surface area contributed by atoms with E-state index in [1.165, 1.54) is 13.2 Å². The van der Waals surface area contributed by atoms with Crippen molar-refractivity contribution in [3.8, 4) is 11.5 Å². The highest BCUT2D eigenvalue weighted by atomic mass is 16.5. The number of aryl methyl sites for hydroxylation is 1. The van der Waals surface area contributed by atoms with Crippen molar-refractivity contribution in [1.82, 2.24) is 10.3 Å². The number of hydrogen-bond donors (Lipinski definition) is 3. The molecule has 1 aliphatic rings. The van der Waals surface area contributed by atoms with Crippen molar-refractivity contribution < 1.29 is 14.3 Å². The van der Waals surface area contributed by atoms with E-state index < -0.39 is 5.54 Å². The predicted molar refractivity (Wildman–Crippen MR) is 93.7 cm³/mol. The smallest absolute Gasteiger partial charge is 0.269 e. The largest absolute Gasteiger partial charge is 0.457 e. The van der Waals surface area contributed by atoms with Crippen molar-refractivity contribution in [3.05, 3.63) is 47.8 Å². The highest BCUT2D eigenvalue weighted by Crippen LogP contribution is 2.34. The number of anilines is 1. The zero-order valence-corrected chi connectivity index (χ0v) is 14.1. The molecule has 2 amide bonds. The number of benzene rings is 1. The Balaban J connectivity index is 1.79. The van der Waals surface area contributed by atoms with Crippen LogP contribution in [0.5, 0.6) is 11.5 Å². The molecule has 3 rings (SSSR count). The van der Waals surface area contributed by atoms with E-state index in [1.807, 2.05) is 13.0 Å². The Morgan fingerprint density at radius 2 is 2.00 bits per heavy atom. The Kier molecular flexibility index (Phi) is 4.41. The standard InChI is InChI=1S/C18H20N4O3/c1-11-3-4-12(22-17(24)18(19)6-7-18)9-15(11)25-13-5-8-21-14(10-13)16(23)20-2/h3-5,8-10H,6-7,19H2,1-2H3,(H,20,23)(H,22,24). The van der Waals surface area contributed by atoms with E-state index >= 15 is 0 Å². The van der Waals surface area contributed by atoms with Crippen LogP contribution in [-0.2, 0) is 4.79 Å². The zero-order chi connectivity index (χ0) is 18.0.